The summed E-state index contributed by atoms with van der Waals surface area (Å²) in [5, 5.41) is 28.8. The topological polar surface area (TPSA) is 121 Å². The zero-order chi connectivity index (χ0) is 14.0. The van der Waals surface area contributed by atoms with Gasteiger partial charge < -0.3 is 0 Å². The van der Waals surface area contributed by atoms with Crippen molar-refractivity contribution in [2.75, 3.05) is 0 Å². The zero-order valence-electron chi connectivity index (χ0n) is 9.73. The second-order valence-corrected chi connectivity index (χ2v) is 3.59. The Morgan fingerprint density at radius 1 is 1.37 bits per heavy atom. The minimum absolute atomic E-state index is 0.0319. The minimum atomic E-state index is -0.602. The first-order chi connectivity index (χ1) is 9.08. The molecule has 0 fully saturated rings. The van der Waals surface area contributed by atoms with Gasteiger partial charge in [0.2, 0.25) is 5.82 Å². The summed E-state index contributed by atoms with van der Waals surface area (Å²) < 4.78 is 1.14. The number of nitriles is 2. The van der Waals surface area contributed by atoms with Crippen LogP contribution in [0.1, 0.15) is 17.1 Å². The van der Waals surface area contributed by atoms with E-state index >= 15 is 0 Å². The lowest BCUT2D eigenvalue weighted by Crippen LogP contribution is -2.05. The van der Waals surface area contributed by atoms with Gasteiger partial charge in [-0.15, -0.1) is 0 Å². The molecular formula is C11H6N6O2. The van der Waals surface area contributed by atoms with E-state index in [9.17, 15) is 10.1 Å². The van der Waals surface area contributed by atoms with Crippen LogP contribution in [-0.2, 0) is 0 Å². The summed E-state index contributed by atoms with van der Waals surface area (Å²) in [6.07, 6.45) is 1.17. The summed E-state index contributed by atoms with van der Waals surface area (Å²) in [6, 6.07) is 6.33. The quantitative estimate of drug-likeness (QED) is 0.586. The van der Waals surface area contributed by atoms with Crippen LogP contribution in [0.25, 0.3) is 5.82 Å². The molecular weight excluding hydrogens is 248 g/mol. The molecule has 19 heavy (non-hydrogen) atoms. The lowest BCUT2D eigenvalue weighted by molar-refractivity contribution is -0.384. The normalized spacial score (nSPS) is 9.63. The van der Waals surface area contributed by atoms with Crippen LogP contribution in [0.4, 0.5) is 5.69 Å². The largest absolute Gasteiger partial charge is 0.312 e. The maximum atomic E-state index is 11.0. The highest BCUT2D eigenvalue weighted by molar-refractivity contribution is 5.51. The van der Waals surface area contributed by atoms with Crippen molar-refractivity contribution in [1.82, 2.24) is 14.5 Å². The highest BCUT2D eigenvalue weighted by atomic mass is 16.6. The molecule has 2 aromatic rings. The Kier molecular flexibility index (Phi) is 2.92. The van der Waals surface area contributed by atoms with Gasteiger partial charge in [-0.2, -0.15) is 10.5 Å². The van der Waals surface area contributed by atoms with Crippen molar-refractivity contribution < 1.29 is 4.92 Å². The molecule has 0 amide bonds. The first-order valence-electron chi connectivity index (χ1n) is 5.08. The monoisotopic (exact) mass is 254 g/mol. The third kappa shape index (κ3) is 1.98. The SMILES string of the molecule is Cc1ccc([N+](=O)[O-])c(-n2cnc(C#N)c2C#N)n1. The molecule has 0 aliphatic rings. The molecule has 0 N–H and O–H groups in total. The van der Waals surface area contributed by atoms with Gasteiger partial charge in [-0.25, -0.2) is 9.97 Å². The molecule has 2 aromatic heterocycles. The van der Waals surface area contributed by atoms with Crippen molar-refractivity contribution >= 4 is 5.69 Å². The summed E-state index contributed by atoms with van der Waals surface area (Å²) in [6.45, 7) is 1.67. The van der Waals surface area contributed by atoms with Crippen molar-refractivity contribution in [3.63, 3.8) is 0 Å². The number of hydrogen-bond donors (Lipinski definition) is 0. The highest BCUT2D eigenvalue weighted by Gasteiger charge is 2.21. The van der Waals surface area contributed by atoms with Gasteiger partial charge in [0, 0.05) is 11.8 Å². The van der Waals surface area contributed by atoms with E-state index in [4.69, 9.17) is 10.5 Å². The number of nitrogens with zero attached hydrogens (tertiary/aromatic N) is 6. The standard InChI is InChI=1S/C11H6N6O2/c1-7-2-3-9(17(18)19)11(15-7)16-6-14-8(4-12)10(16)5-13/h2-3,6H,1H3. The van der Waals surface area contributed by atoms with Crippen molar-refractivity contribution in [3.8, 4) is 18.0 Å². The van der Waals surface area contributed by atoms with E-state index in [1.165, 1.54) is 18.5 Å². The fourth-order valence-electron chi connectivity index (χ4n) is 1.55. The first-order valence-corrected chi connectivity index (χ1v) is 5.08. The predicted molar refractivity (Wildman–Crippen MR) is 62.2 cm³/mol. The fraction of sp³-hybridized carbons (Fsp3) is 0.0909. The molecule has 92 valence electrons. The van der Waals surface area contributed by atoms with Crippen molar-refractivity contribution in [3.05, 3.63) is 45.7 Å². The molecule has 0 spiro atoms. The van der Waals surface area contributed by atoms with Crippen molar-refractivity contribution in [2.45, 2.75) is 6.92 Å². The van der Waals surface area contributed by atoms with E-state index in [0.717, 1.165) is 4.57 Å². The van der Waals surface area contributed by atoms with Crippen molar-refractivity contribution in [1.29, 1.82) is 10.5 Å². The summed E-state index contributed by atoms with van der Waals surface area (Å²) in [5.41, 5.74) is 0.115. The van der Waals surface area contributed by atoms with Gasteiger partial charge in [0.15, 0.2) is 11.4 Å². The Hall–Kier alpha value is -3.26. The number of imidazole rings is 1. The van der Waals surface area contributed by atoms with Gasteiger partial charge in [-0.05, 0) is 13.0 Å². The minimum Gasteiger partial charge on any atom is -0.267 e. The Morgan fingerprint density at radius 3 is 2.68 bits per heavy atom. The van der Waals surface area contributed by atoms with Gasteiger partial charge in [0.1, 0.15) is 18.5 Å². The van der Waals surface area contributed by atoms with E-state index in [1.54, 1.807) is 19.1 Å². The Morgan fingerprint density at radius 2 is 2.11 bits per heavy atom. The van der Waals surface area contributed by atoms with Crippen LogP contribution in [0.3, 0.4) is 0 Å². The van der Waals surface area contributed by atoms with E-state index in [-0.39, 0.29) is 22.9 Å². The summed E-state index contributed by atoms with van der Waals surface area (Å²) in [5.74, 6) is -0.0319. The molecule has 0 radical (unpaired) electrons. The Bertz CT molecular complexity index is 750. The number of rotatable bonds is 2. The fourth-order valence-corrected chi connectivity index (χ4v) is 1.55. The Labute approximate surface area is 107 Å². The molecule has 0 aliphatic carbocycles. The van der Waals surface area contributed by atoms with Crippen LogP contribution >= 0.6 is 0 Å². The molecule has 0 saturated heterocycles. The molecule has 2 heterocycles. The molecule has 0 aliphatic heterocycles. The van der Waals surface area contributed by atoms with Gasteiger partial charge in [0.25, 0.3) is 0 Å². The van der Waals surface area contributed by atoms with Gasteiger partial charge >= 0.3 is 5.69 Å². The maximum Gasteiger partial charge on any atom is 0.312 e. The van der Waals surface area contributed by atoms with E-state index < -0.39 is 4.92 Å². The third-order valence-electron chi connectivity index (χ3n) is 2.40. The number of pyridine rings is 1. The first kappa shape index (κ1) is 12.2. The number of hydrogen-bond acceptors (Lipinski definition) is 6. The molecule has 8 nitrogen and oxygen atoms in total. The number of aryl methyl sites for hydroxylation is 1. The lowest BCUT2D eigenvalue weighted by Gasteiger charge is -2.04. The van der Waals surface area contributed by atoms with Crippen LogP contribution in [0.5, 0.6) is 0 Å². The summed E-state index contributed by atoms with van der Waals surface area (Å²) >= 11 is 0. The average molecular weight is 254 g/mol. The van der Waals surface area contributed by atoms with E-state index in [2.05, 4.69) is 9.97 Å². The molecule has 2 rings (SSSR count). The molecule has 0 aromatic carbocycles. The predicted octanol–water partition coefficient (Wildman–Crippen LogP) is 1.23. The molecule has 0 saturated carbocycles. The highest BCUT2D eigenvalue weighted by Crippen LogP contribution is 2.23. The number of aromatic nitrogens is 3. The second-order valence-electron chi connectivity index (χ2n) is 3.59. The summed E-state index contributed by atoms with van der Waals surface area (Å²) in [7, 11) is 0. The van der Waals surface area contributed by atoms with Gasteiger partial charge in [-0.3, -0.25) is 14.7 Å². The van der Waals surface area contributed by atoms with Crippen LogP contribution < -0.4 is 0 Å². The van der Waals surface area contributed by atoms with Crippen molar-refractivity contribution in [2.24, 2.45) is 0 Å². The van der Waals surface area contributed by atoms with Crippen LogP contribution in [-0.4, -0.2) is 19.5 Å². The number of nitro groups is 1. The maximum absolute atomic E-state index is 11.0. The third-order valence-corrected chi connectivity index (χ3v) is 2.40. The smallest absolute Gasteiger partial charge is 0.267 e. The van der Waals surface area contributed by atoms with E-state index in [0.29, 0.717) is 5.69 Å². The molecule has 0 bridgehead atoms. The van der Waals surface area contributed by atoms with Gasteiger partial charge in [0.05, 0.1) is 4.92 Å². The van der Waals surface area contributed by atoms with Crippen LogP contribution in [0.15, 0.2) is 18.5 Å². The van der Waals surface area contributed by atoms with Crippen LogP contribution in [0, 0.1) is 39.7 Å². The molecule has 8 heteroatoms. The second kappa shape index (κ2) is 4.55. The molecule has 0 atom stereocenters. The lowest BCUT2D eigenvalue weighted by atomic mass is 10.3. The Balaban J connectivity index is 2.76. The average Bonchev–Trinajstić information content (AvgIpc) is 2.80. The van der Waals surface area contributed by atoms with Crippen LogP contribution in [0.2, 0.25) is 0 Å². The summed E-state index contributed by atoms with van der Waals surface area (Å²) in [4.78, 5) is 18.1. The molecule has 0 unspecified atom stereocenters. The zero-order valence-corrected chi connectivity index (χ0v) is 9.73. The van der Waals surface area contributed by atoms with Gasteiger partial charge in [-0.1, -0.05) is 0 Å². The van der Waals surface area contributed by atoms with E-state index in [1.807, 2.05) is 0 Å².